The predicted octanol–water partition coefficient (Wildman–Crippen LogP) is 4.78. The molecular weight excluding hydrogens is 661 g/mol. The number of aromatic nitrogens is 3. The van der Waals surface area contributed by atoms with Crippen molar-refractivity contribution in [2.24, 2.45) is 11.8 Å². The van der Waals surface area contributed by atoms with Crippen LogP contribution in [0.25, 0.3) is 0 Å². The number of piperidine rings is 1. The van der Waals surface area contributed by atoms with Gasteiger partial charge in [0.05, 0.1) is 42.5 Å². The fourth-order valence-electron chi connectivity index (χ4n) is 8.61. The molecule has 268 valence electrons. The van der Waals surface area contributed by atoms with Crippen LogP contribution in [-0.2, 0) is 33.0 Å². The second kappa shape index (κ2) is 14.4. The summed E-state index contributed by atoms with van der Waals surface area (Å²) in [5.74, 6) is -0.762. The first kappa shape index (κ1) is 35.2. The summed E-state index contributed by atoms with van der Waals surface area (Å²) in [7, 11) is -2.85. The summed E-state index contributed by atoms with van der Waals surface area (Å²) in [6.07, 6.45) is 3.84. The van der Waals surface area contributed by atoms with E-state index in [-0.39, 0.29) is 41.7 Å². The van der Waals surface area contributed by atoms with E-state index in [1.807, 2.05) is 105 Å². The van der Waals surface area contributed by atoms with Gasteiger partial charge in [0.2, 0.25) is 5.91 Å². The third-order valence-corrected chi connectivity index (χ3v) is 13.5. The maximum atomic E-state index is 14.8. The molecule has 51 heavy (non-hydrogen) atoms. The van der Waals surface area contributed by atoms with E-state index >= 15 is 0 Å². The average Bonchev–Trinajstić information content (AvgIpc) is 3.79. The molecule has 7 rings (SSSR count). The number of aliphatic hydroxyl groups is 1. The molecule has 6 atom stereocenters. The molecule has 12 heteroatoms. The van der Waals surface area contributed by atoms with Gasteiger partial charge >= 0.3 is 0 Å². The Morgan fingerprint density at radius 3 is 2.65 bits per heavy atom. The molecule has 11 nitrogen and oxygen atoms in total. The summed E-state index contributed by atoms with van der Waals surface area (Å²) in [5.41, 5.74) is 3.39. The van der Waals surface area contributed by atoms with Gasteiger partial charge in [-0.25, -0.2) is 0 Å². The van der Waals surface area contributed by atoms with Crippen molar-refractivity contribution in [2.75, 3.05) is 29.9 Å². The first-order valence-corrected chi connectivity index (χ1v) is 21.1. The van der Waals surface area contributed by atoms with E-state index in [4.69, 9.17) is 4.74 Å². The third-order valence-electron chi connectivity index (χ3n) is 11.0. The van der Waals surface area contributed by atoms with Crippen molar-refractivity contribution < 1.29 is 24.2 Å². The van der Waals surface area contributed by atoms with E-state index < -0.39 is 20.0 Å². The van der Waals surface area contributed by atoms with Crippen LogP contribution in [0.4, 0.5) is 11.4 Å². The van der Waals surface area contributed by atoms with Gasteiger partial charge in [-0.1, -0.05) is 72.8 Å². The minimum Gasteiger partial charge on any atom is -0.432 e. The second-order valence-electron chi connectivity index (χ2n) is 14.8. The Morgan fingerprint density at radius 2 is 1.90 bits per heavy atom. The lowest BCUT2D eigenvalue weighted by molar-refractivity contribution is -0.146. The third kappa shape index (κ3) is 6.78. The van der Waals surface area contributed by atoms with E-state index in [0.29, 0.717) is 37.4 Å². The molecule has 0 saturated carbocycles. The van der Waals surface area contributed by atoms with E-state index in [1.54, 1.807) is 9.58 Å². The SMILES string of the molecule is C[C@H]1[C@H]([Si](C)(C)O)[C@@H](CCn2cc(C(CO)c3ccccc3)nn2)O[C@]12C(=O)N(Cc1cccc(NC(=O)C3CCCNC3)c1)c1ccccc12. The number of para-hydroxylation sites is 1. The van der Waals surface area contributed by atoms with Crippen LogP contribution in [0.1, 0.15) is 54.5 Å². The molecule has 0 radical (unpaired) electrons. The number of rotatable bonds is 11. The average molecular weight is 709 g/mol. The lowest BCUT2D eigenvalue weighted by Gasteiger charge is -2.32. The van der Waals surface area contributed by atoms with Crippen LogP contribution in [0.15, 0.2) is 85.1 Å². The van der Waals surface area contributed by atoms with Gasteiger partial charge in [-0.2, -0.15) is 0 Å². The molecule has 2 fully saturated rings. The fraction of sp³-hybridized carbons (Fsp3) is 0.436. The highest BCUT2D eigenvalue weighted by atomic mass is 28.4. The van der Waals surface area contributed by atoms with Crippen LogP contribution in [-0.4, -0.2) is 70.8 Å². The maximum Gasteiger partial charge on any atom is 0.264 e. The van der Waals surface area contributed by atoms with Crippen molar-refractivity contribution in [1.82, 2.24) is 20.3 Å². The van der Waals surface area contributed by atoms with Crippen molar-refractivity contribution >= 4 is 31.5 Å². The number of nitrogens with one attached hydrogen (secondary N) is 2. The van der Waals surface area contributed by atoms with Crippen LogP contribution in [0.2, 0.25) is 18.6 Å². The van der Waals surface area contributed by atoms with E-state index in [0.717, 1.165) is 41.8 Å². The summed E-state index contributed by atoms with van der Waals surface area (Å²) >= 11 is 0. The predicted molar refractivity (Wildman–Crippen MR) is 197 cm³/mol. The Morgan fingerprint density at radius 1 is 1.12 bits per heavy atom. The standard InChI is InChI=1S/C39H48N6O5Si/c1-26-36(51(2,3)49)35(18-20-44-24-33(42-43-44)31(25-46)28-12-5-4-6-13-28)50-39(26)32-16-7-8-17-34(32)45(38(39)48)23-27-11-9-15-30(21-27)41-37(47)29-14-10-19-40-22-29/h4-9,11-13,15-17,21,24,26,29,31,35-36,40,46,49H,10,14,18-20,22-23,25H2,1-3H3,(H,41,47)/t26-,29?,31?,35+,36-,39+/m0/s1. The number of ether oxygens (including phenoxy) is 1. The monoisotopic (exact) mass is 708 g/mol. The Labute approximate surface area is 300 Å². The van der Waals surface area contributed by atoms with Crippen LogP contribution in [0, 0.1) is 11.8 Å². The summed E-state index contributed by atoms with van der Waals surface area (Å²) in [5, 5.41) is 25.3. The van der Waals surface area contributed by atoms with Gasteiger partial charge < -0.3 is 30.2 Å². The van der Waals surface area contributed by atoms with Crippen LogP contribution in [0.5, 0.6) is 0 Å². The zero-order valence-electron chi connectivity index (χ0n) is 29.5. The Bertz CT molecular complexity index is 1860. The molecule has 4 heterocycles. The number of anilines is 2. The smallest absolute Gasteiger partial charge is 0.264 e. The summed E-state index contributed by atoms with van der Waals surface area (Å²) < 4.78 is 8.76. The van der Waals surface area contributed by atoms with E-state index in [2.05, 4.69) is 20.9 Å². The number of carbonyl (C=O) groups is 2. The largest absolute Gasteiger partial charge is 0.432 e. The number of carbonyl (C=O) groups excluding carboxylic acids is 2. The maximum absolute atomic E-state index is 14.8. The van der Waals surface area contributed by atoms with Gasteiger partial charge in [0.1, 0.15) is 0 Å². The minimum atomic E-state index is -2.85. The summed E-state index contributed by atoms with van der Waals surface area (Å²) in [6.45, 7) is 8.22. The summed E-state index contributed by atoms with van der Waals surface area (Å²) in [4.78, 5) is 41.3. The molecule has 2 saturated heterocycles. The number of aryl methyl sites for hydroxylation is 1. The van der Waals surface area contributed by atoms with Crippen molar-refractivity contribution in [3.8, 4) is 0 Å². The quantitative estimate of drug-likeness (QED) is 0.163. The van der Waals surface area contributed by atoms with Crippen LogP contribution in [0.3, 0.4) is 0 Å². The van der Waals surface area contributed by atoms with Gasteiger partial charge in [-0.15, -0.1) is 5.10 Å². The molecule has 4 aromatic rings. The van der Waals surface area contributed by atoms with Gasteiger partial charge in [-0.3, -0.25) is 14.3 Å². The normalized spacial score (nSPS) is 25.3. The van der Waals surface area contributed by atoms with Crippen molar-refractivity contribution in [3.63, 3.8) is 0 Å². The number of nitrogens with zero attached hydrogens (tertiary/aromatic N) is 4. The van der Waals surface area contributed by atoms with Gasteiger partial charge in [0.15, 0.2) is 13.9 Å². The number of hydrogen-bond acceptors (Lipinski definition) is 8. The van der Waals surface area contributed by atoms with Crippen molar-refractivity contribution in [1.29, 1.82) is 0 Å². The molecule has 3 aliphatic rings. The number of benzene rings is 3. The van der Waals surface area contributed by atoms with E-state index in [9.17, 15) is 19.5 Å². The number of aliphatic hydroxyl groups excluding tert-OH is 1. The molecule has 0 aliphatic carbocycles. The highest BCUT2D eigenvalue weighted by molar-refractivity contribution is 6.71. The van der Waals surface area contributed by atoms with Gasteiger partial charge in [0.25, 0.3) is 5.91 Å². The van der Waals surface area contributed by atoms with Crippen LogP contribution >= 0.6 is 0 Å². The highest BCUT2D eigenvalue weighted by Crippen LogP contribution is 2.59. The first-order valence-electron chi connectivity index (χ1n) is 18.1. The molecule has 3 aromatic carbocycles. The molecule has 0 bridgehead atoms. The van der Waals surface area contributed by atoms with Gasteiger partial charge in [-0.05, 0) is 68.2 Å². The molecule has 2 unspecified atom stereocenters. The zero-order chi connectivity index (χ0) is 35.8. The summed E-state index contributed by atoms with van der Waals surface area (Å²) in [6, 6.07) is 25.3. The molecule has 4 N–H and O–H groups in total. The van der Waals surface area contributed by atoms with Crippen molar-refractivity contribution in [2.45, 2.75) is 75.5 Å². The Balaban J connectivity index is 1.12. The molecule has 3 aliphatic heterocycles. The van der Waals surface area contributed by atoms with E-state index in [1.165, 1.54) is 0 Å². The minimum absolute atomic E-state index is 0.00784. The van der Waals surface area contributed by atoms with Crippen LogP contribution < -0.4 is 15.5 Å². The second-order valence-corrected chi connectivity index (χ2v) is 18.8. The number of amides is 2. The molecule has 2 amide bonds. The molecule has 1 aromatic heterocycles. The lowest BCUT2D eigenvalue weighted by Crippen LogP contribution is -2.46. The Kier molecular flexibility index (Phi) is 9.96. The molecule has 1 spiro atoms. The molecular formula is C39H48N6O5Si. The zero-order valence-corrected chi connectivity index (χ0v) is 30.5. The highest BCUT2D eigenvalue weighted by Gasteiger charge is 2.66. The van der Waals surface area contributed by atoms with Crippen molar-refractivity contribution in [3.05, 3.63) is 107 Å². The lowest BCUT2D eigenvalue weighted by atomic mass is 9.82. The van der Waals surface area contributed by atoms with Gasteiger partial charge in [0, 0.05) is 42.0 Å². The topological polar surface area (TPSA) is 142 Å². The first-order chi connectivity index (χ1) is 24.6. The fourth-order valence-corrected chi connectivity index (χ4v) is 11.2. The Hall–Kier alpha value is -4.20. The number of fused-ring (bicyclic) bond motifs is 2. The number of hydrogen-bond donors (Lipinski definition) is 4.